The van der Waals surface area contributed by atoms with Crippen LogP contribution in [0, 0.1) is 0 Å². The normalized spacial score (nSPS) is 12.4. The number of nitrogen functional groups attached to an aromatic ring is 1. The molecule has 0 aliphatic carbocycles. The summed E-state index contributed by atoms with van der Waals surface area (Å²) in [4.78, 5) is 1.89. The first kappa shape index (κ1) is 15.8. The molecule has 0 aliphatic heterocycles. The van der Waals surface area contributed by atoms with E-state index in [9.17, 15) is 13.2 Å². The Balaban J connectivity index is 2.57. The summed E-state index contributed by atoms with van der Waals surface area (Å²) in [6, 6.07) is 7.44. The smallest absolute Gasteiger partial charge is 0.398 e. The molecule has 108 valence electrons. The number of halogens is 3. The molecule has 0 saturated heterocycles. The summed E-state index contributed by atoms with van der Waals surface area (Å²) in [7, 11) is 0. The van der Waals surface area contributed by atoms with Crippen molar-refractivity contribution in [3.05, 3.63) is 29.8 Å². The largest absolute Gasteiger partial charge is 0.522 e. The molecule has 0 bridgehead atoms. The van der Waals surface area contributed by atoms with Crippen molar-refractivity contribution in [1.29, 1.82) is 0 Å². The van der Waals surface area contributed by atoms with Gasteiger partial charge in [-0.2, -0.15) is 0 Å². The van der Waals surface area contributed by atoms with Crippen LogP contribution in [0.5, 0.6) is 0 Å². The number of ether oxygens (including phenoxy) is 1. The molecule has 0 saturated carbocycles. The minimum atomic E-state index is -4.57. The topological polar surface area (TPSA) is 38.5 Å². The average molecular weight is 276 g/mol. The lowest BCUT2D eigenvalue weighted by atomic mass is 10.1. The minimum Gasteiger partial charge on any atom is -0.398 e. The van der Waals surface area contributed by atoms with Crippen molar-refractivity contribution in [2.45, 2.75) is 32.8 Å². The highest BCUT2D eigenvalue weighted by molar-refractivity contribution is 5.46. The first-order valence-corrected chi connectivity index (χ1v) is 6.07. The van der Waals surface area contributed by atoms with Gasteiger partial charge < -0.3 is 5.73 Å². The van der Waals surface area contributed by atoms with Crippen LogP contribution in [0.1, 0.15) is 19.4 Å². The monoisotopic (exact) mass is 276 g/mol. The lowest BCUT2D eigenvalue weighted by Gasteiger charge is -2.27. The number of nitrogens with zero attached hydrogens (tertiary/aromatic N) is 1. The van der Waals surface area contributed by atoms with Gasteiger partial charge in [0.2, 0.25) is 0 Å². The molecule has 1 aromatic carbocycles. The lowest BCUT2D eigenvalue weighted by Crippen LogP contribution is -2.34. The predicted octanol–water partition coefficient (Wildman–Crippen LogP) is 3.02. The number of anilines is 1. The molecule has 3 nitrogen and oxygen atoms in total. The Labute approximate surface area is 111 Å². The molecule has 1 rings (SSSR count). The van der Waals surface area contributed by atoms with Crippen molar-refractivity contribution < 1.29 is 17.9 Å². The fraction of sp³-hybridized carbons (Fsp3) is 0.538. The van der Waals surface area contributed by atoms with E-state index in [1.807, 2.05) is 36.9 Å². The standard InChI is InChI=1S/C13H19F3N2O/c1-10(2)18(7-8-19-13(14,15)16)9-11-5-3-4-6-12(11)17/h3-6,10H,7-9,17H2,1-2H3. The highest BCUT2D eigenvalue weighted by Crippen LogP contribution is 2.18. The number of alkyl halides is 3. The van der Waals surface area contributed by atoms with E-state index in [4.69, 9.17) is 5.73 Å². The van der Waals surface area contributed by atoms with Gasteiger partial charge in [0, 0.05) is 24.8 Å². The summed E-state index contributed by atoms with van der Waals surface area (Å²) in [5.74, 6) is 0. The first-order valence-electron chi connectivity index (χ1n) is 6.07. The second-order valence-electron chi connectivity index (χ2n) is 4.56. The summed E-state index contributed by atoms with van der Waals surface area (Å²) in [5, 5.41) is 0. The van der Waals surface area contributed by atoms with Crippen molar-refractivity contribution >= 4 is 5.69 Å². The Bertz CT molecular complexity index is 394. The van der Waals surface area contributed by atoms with Gasteiger partial charge in [-0.15, -0.1) is 13.2 Å². The van der Waals surface area contributed by atoms with Gasteiger partial charge in [0.1, 0.15) is 0 Å². The number of rotatable bonds is 6. The Morgan fingerprint density at radius 3 is 2.42 bits per heavy atom. The van der Waals surface area contributed by atoms with E-state index in [-0.39, 0.29) is 19.2 Å². The Hall–Kier alpha value is -1.27. The molecule has 0 aliphatic rings. The zero-order chi connectivity index (χ0) is 14.5. The molecular formula is C13H19F3N2O. The molecule has 0 heterocycles. The maximum Gasteiger partial charge on any atom is 0.522 e. The molecule has 19 heavy (non-hydrogen) atoms. The first-order chi connectivity index (χ1) is 8.79. The van der Waals surface area contributed by atoms with Crippen LogP contribution in [0.25, 0.3) is 0 Å². The van der Waals surface area contributed by atoms with Crippen LogP contribution < -0.4 is 5.73 Å². The van der Waals surface area contributed by atoms with Crippen molar-refractivity contribution in [3.8, 4) is 0 Å². The quantitative estimate of drug-likeness (QED) is 0.812. The Morgan fingerprint density at radius 2 is 1.89 bits per heavy atom. The molecule has 0 spiro atoms. The molecule has 0 aromatic heterocycles. The van der Waals surface area contributed by atoms with Crippen LogP contribution in [0.15, 0.2) is 24.3 Å². The fourth-order valence-electron chi connectivity index (χ4n) is 1.70. The highest BCUT2D eigenvalue weighted by atomic mass is 19.4. The van der Waals surface area contributed by atoms with Crippen LogP contribution in [0.3, 0.4) is 0 Å². The second kappa shape index (κ2) is 6.77. The van der Waals surface area contributed by atoms with Crippen LogP contribution in [0.2, 0.25) is 0 Å². The van der Waals surface area contributed by atoms with Crippen molar-refractivity contribution in [1.82, 2.24) is 4.90 Å². The molecule has 6 heteroatoms. The van der Waals surface area contributed by atoms with E-state index in [1.165, 1.54) is 0 Å². The van der Waals surface area contributed by atoms with E-state index >= 15 is 0 Å². The van der Waals surface area contributed by atoms with Gasteiger partial charge in [0.15, 0.2) is 0 Å². The third-order valence-electron chi connectivity index (χ3n) is 2.80. The number of para-hydroxylation sites is 1. The van der Waals surface area contributed by atoms with E-state index in [2.05, 4.69) is 4.74 Å². The molecule has 2 N–H and O–H groups in total. The molecule has 1 aromatic rings. The molecular weight excluding hydrogens is 257 g/mol. The predicted molar refractivity (Wildman–Crippen MR) is 68.4 cm³/mol. The maximum absolute atomic E-state index is 11.9. The van der Waals surface area contributed by atoms with Gasteiger partial charge in [0.25, 0.3) is 0 Å². The summed E-state index contributed by atoms with van der Waals surface area (Å²) in [6.07, 6.45) is -4.57. The van der Waals surface area contributed by atoms with Gasteiger partial charge >= 0.3 is 6.36 Å². The third-order valence-corrected chi connectivity index (χ3v) is 2.80. The van der Waals surface area contributed by atoms with E-state index in [1.54, 1.807) is 6.07 Å². The summed E-state index contributed by atoms with van der Waals surface area (Å²) in [5.41, 5.74) is 7.38. The zero-order valence-electron chi connectivity index (χ0n) is 11.1. The van der Waals surface area contributed by atoms with Gasteiger partial charge in [-0.3, -0.25) is 9.64 Å². The highest BCUT2D eigenvalue weighted by Gasteiger charge is 2.29. The molecule has 0 atom stereocenters. The number of hydrogen-bond acceptors (Lipinski definition) is 3. The van der Waals surface area contributed by atoms with Crippen molar-refractivity contribution in [2.24, 2.45) is 0 Å². The second-order valence-corrected chi connectivity index (χ2v) is 4.56. The SMILES string of the molecule is CC(C)N(CCOC(F)(F)F)Cc1ccccc1N. The third kappa shape index (κ3) is 5.94. The van der Waals surface area contributed by atoms with Gasteiger partial charge in [0.05, 0.1) is 6.61 Å². The van der Waals surface area contributed by atoms with E-state index in [0.717, 1.165) is 5.56 Å². The Morgan fingerprint density at radius 1 is 1.26 bits per heavy atom. The number of nitrogens with two attached hydrogens (primary N) is 1. The van der Waals surface area contributed by atoms with Gasteiger partial charge in [-0.05, 0) is 25.5 Å². The Kier molecular flexibility index (Phi) is 5.62. The molecule has 0 fully saturated rings. The van der Waals surface area contributed by atoms with Crippen LogP contribution in [-0.4, -0.2) is 30.5 Å². The zero-order valence-corrected chi connectivity index (χ0v) is 11.1. The number of benzene rings is 1. The van der Waals surface area contributed by atoms with Crippen LogP contribution >= 0.6 is 0 Å². The van der Waals surface area contributed by atoms with Crippen molar-refractivity contribution in [2.75, 3.05) is 18.9 Å². The minimum absolute atomic E-state index is 0.108. The number of hydrogen-bond donors (Lipinski definition) is 1. The average Bonchev–Trinajstić information content (AvgIpc) is 2.28. The molecule has 0 unspecified atom stereocenters. The van der Waals surface area contributed by atoms with Crippen LogP contribution in [0.4, 0.5) is 18.9 Å². The lowest BCUT2D eigenvalue weighted by molar-refractivity contribution is -0.325. The van der Waals surface area contributed by atoms with E-state index < -0.39 is 6.36 Å². The molecule has 0 amide bonds. The van der Waals surface area contributed by atoms with Crippen LogP contribution in [-0.2, 0) is 11.3 Å². The molecule has 0 radical (unpaired) electrons. The van der Waals surface area contributed by atoms with Crippen molar-refractivity contribution in [3.63, 3.8) is 0 Å². The fourth-order valence-corrected chi connectivity index (χ4v) is 1.70. The van der Waals surface area contributed by atoms with E-state index in [0.29, 0.717) is 12.2 Å². The summed E-state index contributed by atoms with van der Waals surface area (Å²) < 4.78 is 39.6. The van der Waals surface area contributed by atoms with Gasteiger partial charge in [-0.25, -0.2) is 0 Å². The summed E-state index contributed by atoms with van der Waals surface area (Å²) in [6.45, 7) is 4.17. The maximum atomic E-state index is 11.9. The summed E-state index contributed by atoms with van der Waals surface area (Å²) >= 11 is 0. The van der Waals surface area contributed by atoms with Gasteiger partial charge in [-0.1, -0.05) is 18.2 Å².